The SMILES string of the molecule is Cc1noc(C(C)Sc2nc(-c3ccccc3)c(-c3ccccc3)o2)n1. The number of nitrogens with zero attached hydrogens (tertiary/aromatic N) is 3. The minimum absolute atomic E-state index is 0.0536. The zero-order valence-corrected chi connectivity index (χ0v) is 15.2. The third-order valence-corrected chi connectivity index (χ3v) is 4.79. The van der Waals surface area contributed by atoms with Crippen molar-refractivity contribution in [3.8, 4) is 22.6 Å². The maximum absolute atomic E-state index is 6.12. The molecule has 0 radical (unpaired) electrons. The summed E-state index contributed by atoms with van der Waals surface area (Å²) in [6.45, 7) is 3.79. The number of hydrogen-bond acceptors (Lipinski definition) is 6. The van der Waals surface area contributed by atoms with Crippen molar-refractivity contribution in [3.05, 3.63) is 72.4 Å². The fraction of sp³-hybridized carbons (Fsp3) is 0.150. The van der Waals surface area contributed by atoms with E-state index in [4.69, 9.17) is 13.9 Å². The van der Waals surface area contributed by atoms with Crippen LogP contribution in [0.5, 0.6) is 0 Å². The molecule has 1 atom stereocenters. The van der Waals surface area contributed by atoms with Crippen LogP contribution < -0.4 is 0 Å². The van der Waals surface area contributed by atoms with Gasteiger partial charge in [-0.05, 0) is 13.8 Å². The minimum Gasteiger partial charge on any atom is -0.431 e. The molecule has 26 heavy (non-hydrogen) atoms. The second-order valence-corrected chi connectivity index (χ2v) is 7.12. The van der Waals surface area contributed by atoms with Crippen molar-refractivity contribution in [1.82, 2.24) is 15.1 Å². The van der Waals surface area contributed by atoms with Crippen molar-refractivity contribution in [2.45, 2.75) is 24.3 Å². The summed E-state index contributed by atoms with van der Waals surface area (Å²) in [7, 11) is 0. The number of oxazole rings is 1. The molecular formula is C20H17N3O2S. The largest absolute Gasteiger partial charge is 0.431 e. The maximum atomic E-state index is 6.12. The number of hydrogen-bond donors (Lipinski definition) is 0. The van der Waals surface area contributed by atoms with Crippen LogP contribution in [0, 0.1) is 6.92 Å². The summed E-state index contributed by atoms with van der Waals surface area (Å²) in [5.41, 5.74) is 2.84. The van der Waals surface area contributed by atoms with Crippen LogP contribution in [0.15, 0.2) is 74.8 Å². The molecule has 0 aliphatic rings. The first-order valence-corrected chi connectivity index (χ1v) is 9.17. The Balaban J connectivity index is 1.71. The first-order chi connectivity index (χ1) is 12.7. The Hall–Kier alpha value is -2.86. The van der Waals surface area contributed by atoms with Gasteiger partial charge >= 0.3 is 0 Å². The normalized spacial score (nSPS) is 12.2. The maximum Gasteiger partial charge on any atom is 0.257 e. The topological polar surface area (TPSA) is 65.0 Å². The summed E-state index contributed by atoms with van der Waals surface area (Å²) < 4.78 is 11.4. The molecule has 0 aliphatic heterocycles. The highest BCUT2D eigenvalue weighted by molar-refractivity contribution is 7.99. The van der Waals surface area contributed by atoms with E-state index in [0.717, 1.165) is 22.6 Å². The molecule has 6 heteroatoms. The zero-order valence-electron chi connectivity index (χ0n) is 14.4. The van der Waals surface area contributed by atoms with Crippen molar-refractivity contribution in [1.29, 1.82) is 0 Å². The Kier molecular flexibility index (Phi) is 4.58. The van der Waals surface area contributed by atoms with Gasteiger partial charge in [-0.1, -0.05) is 77.6 Å². The van der Waals surface area contributed by atoms with Crippen LogP contribution in [0.1, 0.15) is 23.9 Å². The first kappa shape index (κ1) is 16.6. The van der Waals surface area contributed by atoms with Crippen LogP contribution in [0.3, 0.4) is 0 Å². The summed E-state index contributed by atoms with van der Waals surface area (Å²) in [5.74, 6) is 1.94. The van der Waals surface area contributed by atoms with Crippen LogP contribution in [0.25, 0.3) is 22.6 Å². The van der Waals surface area contributed by atoms with Crippen molar-refractivity contribution < 1.29 is 8.94 Å². The zero-order chi connectivity index (χ0) is 17.9. The monoisotopic (exact) mass is 363 g/mol. The number of benzene rings is 2. The fourth-order valence-corrected chi connectivity index (χ4v) is 3.38. The molecule has 4 aromatic rings. The lowest BCUT2D eigenvalue weighted by Crippen LogP contribution is -1.89. The number of aryl methyl sites for hydroxylation is 1. The quantitative estimate of drug-likeness (QED) is 0.433. The van der Waals surface area contributed by atoms with Crippen LogP contribution in [-0.4, -0.2) is 15.1 Å². The van der Waals surface area contributed by atoms with Crippen molar-refractivity contribution >= 4 is 11.8 Å². The van der Waals surface area contributed by atoms with E-state index in [-0.39, 0.29) is 5.25 Å². The summed E-state index contributed by atoms with van der Waals surface area (Å²) >= 11 is 1.46. The fourth-order valence-electron chi connectivity index (χ4n) is 2.61. The van der Waals surface area contributed by atoms with E-state index < -0.39 is 0 Å². The van der Waals surface area contributed by atoms with Crippen LogP contribution in [-0.2, 0) is 0 Å². The molecule has 130 valence electrons. The average molecular weight is 363 g/mol. The van der Waals surface area contributed by atoms with Gasteiger partial charge in [-0.3, -0.25) is 0 Å². The molecule has 2 heterocycles. The van der Waals surface area contributed by atoms with E-state index >= 15 is 0 Å². The number of rotatable bonds is 5. The average Bonchev–Trinajstić information content (AvgIpc) is 3.30. The lowest BCUT2D eigenvalue weighted by molar-refractivity contribution is 0.375. The highest BCUT2D eigenvalue weighted by Crippen LogP contribution is 2.39. The molecule has 0 fully saturated rings. The van der Waals surface area contributed by atoms with Gasteiger partial charge in [0, 0.05) is 11.1 Å². The first-order valence-electron chi connectivity index (χ1n) is 8.29. The Bertz CT molecular complexity index is 939. The molecule has 0 aliphatic carbocycles. The van der Waals surface area contributed by atoms with E-state index in [2.05, 4.69) is 10.1 Å². The Labute approximate surface area is 155 Å². The molecule has 2 aromatic carbocycles. The smallest absolute Gasteiger partial charge is 0.257 e. The van der Waals surface area contributed by atoms with Crippen LogP contribution >= 0.6 is 11.8 Å². The molecule has 0 bridgehead atoms. The molecule has 4 rings (SSSR count). The molecule has 2 aromatic heterocycles. The van der Waals surface area contributed by atoms with E-state index in [1.54, 1.807) is 6.92 Å². The van der Waals surface area contributed by atoms with E-state index in [1.807, 2.05) is 67.6 Å². The van der Waals surface area contributed by atoms with Gasteiger partial charge in [0.25, 0.3) is 5.22 Å². The van der Waals surface area contributed by atoms with Crippen LogP contribution in [0.2, 0.25) is 0 Å². The second-order valence-electron chi connectivity index (χ2n) is 5.83. The molecule has 0 N–H and O–H groups in total. The van der Waals surface area contributed by atoms with Gasteiger partial charge in [0.1, 0.15) is 5.69 Å². The highest BCUT2D eigenvalue weighted by Gasteiger charge is 2.21. The standard InChI is InChI=1S/C20H17N3O2S/c1-13(19-21-14(2)23-25-19)26-20-22-17(15-9-5-3-6-10-15)18(24-20)16-11-7-4-8-12-16/h3-13H,1-2H3. The van der Waals surface area contributed by atoms with Crippen molar-refractivity contribution in [2.24, 2.45) is 0 Å². The third kappa shape index (κ3) is 3.41. The molecular weight excluding hydrogens is 346 g/mol. The summed E-state index contributed by atoms with van der Waals surface area (Å²) in [5, 5.41) is 4.37. The van der Waals surface area contributed by atoms with Gasteiger partial charge in [-0.2, -0.15) is 4.98 Å². The Morgan fingerprint density at radius 3 is 2.15 bits per heavy atom. The summed E-state index contributed by atoms with van der Waals surface area (Å²) in [6, 6.07) is 20.0. The van der Waals surface area contributed by atoms with Gasteiger partial charge in [0.05, 0.1) is 5.25 Å². The Morgan fingerprint density at radius 2 is 1.54 bits per heavy atom. The predicted molar refractivity (Wildman–Crippen MR) is 101 cm³/mol. The molecule has 0 amide bonds. The van der Waals surface area contributed by atoms with Gasteiger partial charge in [-0.25, -0.2) is 4.98 Å². The summed E-state index contributed by atoms with van der Waals surface area (Å²) in [4.78, 5) is 9.02. The second kappa shape index (κ2) is 7.17. The van der Waals surface area contributed by atoms with Gasteiger partial charge in [-0.15, -0.1) is 0 Å². The highest BCUT2D eigenvalue weighted by atomic mass is 32.2. The van der Waals surface area contributed by atoms with Gasteiger partial charge in [0.15, 0.2) is 11.6 Å². The van der Waals surface area contributed by atoms with Crippen LogP contribution in [0.4, 0.5) is 0 Å². The van der Waals surface area contributed by atoms with Crippen molar-refractivity contribution in [2.75, 3.05) is 0 Å². The molecule has 5 nitrogen and oxygen atoms in total. The Morgan fingerprint density at radius 1 is 0.885 bits per heavy atom. The van der Waals surface area contributed by atoms with Crippen molar-refractivity contribution in [3.63, 3.8) is 0 Å². The van der Waals surface area contributed by atoms with E-state index in [1.165, 1.54) is 11.8 Å². The molecule has 1 unspecified atom stereocenters. The third-order valence-electron chi connectivity index (χ3n) is 3.86. The van der Waals surface area contributed by atoms with E-state index in [9.17, 15) is 0 Å². The van der Waals surface area contributed by atoms with E-state index in [0.29, 0.717) is 16.9 Å². The summed E-state index contributed by atoms with van der Waals surface area (Å²) in [6.07, 6.45) is 0. The minimum atomic E-state index is -0.0536. The number of aromatic nitrogens is 3. The molecule has 0 saturated heterocycles. The van der Waals surface area contributed by atoms with Gasteiger partial charge < -0.3 is 8.94 Å². The lowest BCUT2D eigenvalue weighted by Gasteiger charge is -2.01. The number of thioether (sulfide) groups is 1. The lowest BCUT2D eigenvalue weighted by atomic mass is 10.1. The van der Waals surface area contributed by atoms with Gasteiger partial charge in [0.2, 0.25) is 5.89 Å². The molecule has 0 saturated carbocycles. The molecule has 0 spiro atoms. The predicted octanol–water partition coefficient (Wildman–Crippen LogP) is 5.55.